The maximum Gasteiger partial charge on any atom is 0.0968 e. The van der Waals surface area contributed by atoms with E-state index in [9.17, 15) is 0 Å². The van der Waals surface area contributed by atoms with Gasteiger partial charge >= 0.3 is 0 Å². The maximum absolute atomic E-state index is 6.90. The molecular weight excluding hydrogens is 134 g/mol. The third-order valence-corrected chi connectivity index (χ3v) is 1.44. The average molecular weight is 148 g/mol. The molecule has 0 unspecified atom stereocenters. The van der Waals surface area contributed by atoms with Crippen molar-refractivity contribution in [1.82, 2.24) is 0 Å². The van der Waals surface area contributed by atoms with E-state index in [1.165, 1.54) is 19.3 Å². The normalized spacial score (nSPS) is 9.56. The van der Waals surface area contributed by atoms with E-state index in [4.69, 9.17) is 17.0 Å². The first-order chi connectivity index (χ1) is 4.27. The van der Waals surface area contributed by atoms with Crippen LogP contribution in [0.3, 0.4) is 0 Å². The van der Waals surface area contributed by atoms with Gasteiger partial charge in [-0.2, -0.15) is 0 Å². The first-order valence-electron chi connectivity index (χ1n) is 3.50. The lowest BCUT2D eigenvalue weighted by Gasteiger charge is -1.94. The summed E-state index contributed by atoms with van der Waals surface area (Å²) in [4.78, 5) is 0. The van der Waals surface area contributed by atoms with Crippen LogP contribution < -0.4 is 0 Å². The lowest BCUT2D eigenvalue weighted by molar-refractivity contribution is 0.684. The second-order valence-corrected chi connectivity index (χ2v) is 2.67. The molecule has 0 rings (SSSR count). The number of hydrogen-bond donors (Lipinski definition) is 1. The van der Waals surface area contributed by atoms with Crippen molar-refractivity contribution in [2.45, 2.75) is 39.0 Å². The predicted octanol–water partition coefficient (Wildman–Crippen LogP) is 3.17. The molecule has 0 aromatic carbocycles. The molecule has 0 saturated carbocycles. The Labute approximate surface area is 61.9 Å². The third-order valence-electron chi connectivity index (χ3n) is 1.25. The van der Waals surface area contributed by atoms with Gasteiger partial charge in [-0.3, -0.25) is 5.41 Å². The molecule has 0 aromatic heterocycles. The Balaban J connectivity index is 2.83. The van der Waals surface area contributed by atoms with Gasteiger partial charge < -0.3 is 0 Å². The van der Waals surface area contributed by atoms with Gasteiger partial charge in [-0.05, 0) is 12.8 Å². The molecule has 2 heteroatoms. The van der Waals surface area contributed by atoms with Gasteiger partial charge in [0.15, 0.2) is 0 Å². The third kappa shape index (κ3) is 7.96. The molecule has 0 aliphatic heterocycles. The highest BCUT2D eigenvalue weighted by Crippen LogP contribution is 2.03. The zero-order valence-corrected chi connectivity index (χ0v) is 6.67. The summed E-state index contributed by atoms with van der Waals surface area (Å²) in [5.41, 5.74) is 0. The van der Waals surface area contributed by atoms with Crippen molar-refractivity contribution in [1.29, 1.82) is 5.41 Å². The van der Waals surface area contributed by atoms with Crippen LogP contribution in [-0.2, 0) is 0 Å². The number of halogens is 1. The Morgan fingerprint density at radius 2 is 2.00 bits per heavy atom. The smallest absolute Gasteiger partial charge is 0.0968 e. The minimum Gasteiger partial charge on any atom is -0.293 e. The molecule has 0 aliphatic rings. The fourth-order valence-corrected chi connectivity index (χ4v) is 0.841. The summed E-state index contributed by atoms with van der Waals surface area (Å²) < 4.78 is 0. The molecule has 1 N–H and O–H groups in total. The molecule has 0 amide bonds. The van der Waals surface area contributed by atoms with Crippen molar-refractivity contribution >= 4 is 16.8 Å². The zero-order chi connectivity index (χ0) is 7.11. The average Bonchev–Trinajstić information content (AvgIpc) is 1.80. The second kappa shape index (κ2) is 6.09. The van der Waals surface area contributed by atoms with Crippen LogP contribution in [-0.4, -0.2) is 5.17 Å². The topological polar surface area (TPSA) is 23.9 Å². The molecule has 0 bridgehead atoms. The first-order valence-corrected chi connectivity index (χ1v) is 3.88. The molecule has 0 aromatic rings. The fourth-order valence-electron chi connectivity index (χ4n) is 0.707. The minimum atomic E-state index is 0.297. The molecular formula is C7H14ClN. The van der Waals surface area contributed by atoms with Crippen molar-refractivity contribution in [2.75, 3.05) is 0 Å². The van der Waals surface area contributed by atoms with E-state index >= 15 is 0 Å². The predicted molar refractivity (Wildman–Crippen MR) is 42.3 cm³/mol. The van der Waals surface area contributed by atoms with E-state index in [1.807, 2.05) is 0 Å². The SMILES string of the molecule is CCCCCCC(=N)Cl. The summed E-state index contributed by atoms with van der Waals surface area (Å²) in [6.45, 7) is 2.17. The number of hydrogen-bond acceptors (Lipinski definition) is 1. The molecule has 0 atom stereocenters. The van der Waals surface area contributed by atoms with E-state index in [0.29, 0.717) is 5.17 Å². The summed E-state index contributed by atoms with van der Waals surface area (Å²) in [6.07, 6.45) is 5.57. The van der Waals surface area contributed by atoms with Crippen LogP contribution in [0.4, 0.5) is 0 Å². The van der Waals surface area contributed by atoms with Gasteiger partial charge in [0.25, 0.3) is 0 Å². The van der Waals surface area contributed by atoms with E-state index < -0.39 is 0 Å². The van der Waals surface area contributed by atoms with Crippen LogP contribution in [0.2, 0.25) is 0 Å². The fraction of sp³-hybridized carbons (Fsp3) is 0.857. The van der Waals surface area contributed by atoms with E-state index in [0.717, 1.165) is 12.8 Å². The lowest BCUT2D eigenvalue weighted by atomic mass is 10.2. The highest BCUT2D eigenvalue weighted by atomic mass is 35.5. The monoisotopic (exact) mass is 147 g/mol. The van der Waals surface area contributed by atoms with Crippen LogP contribution in [0.15, 0.2) is 0 Å². The van der Waals surface area contributed by atoms with Gasteiger partial charge in [0.1, 0.15) is 0 Å². The van der Waals surface area contributed by atoms with Crippen molar-refractivity contribution < 1.29 is 0 Å². The van der Waals surface area contributed by atoms with Gasteiger partial charge in [-0.1, -0.05) is 37.8 Å². The Hall–Kier alpha value is -0.0400. The van der Waals surface area contributed by atoms with Crippen molar-refractivity contribution in [3.63, 3.8) is 0 Å². The molecule has 1 nitrogen and oxygen atoms in total. The van der Waals surface area contributed by atoms with Gasteiger partial charge in [-0.25, -0.2) is 0 Å². The van der Waals surface area contributed by atoms with E-state index in [2.05, 4.69) is 6.92 Å². The van der Waals surface area contributed by atoms with E-state index in [-0.39, 0.29) is 0 Å². The summed E-state index contributed by atoms with van der Waals surface area (Å²) in [7, 11) is 0. The van der Waals surface area contributed by atoms with Crippen LogP contribution in [0, 0.1) is 5.41 Å². The maximum atomic E-state index is 6.90. The van der Waals surface area contributed by atoms with Crippen molar-refractivity contribution in [3.05, 3.63) is 0 Å². The largest absolute Gasteiger partial charge is 0.293 e. The quantitative estimate of drug-likeness (QED) is 0.456. The Bertz CT molecular complexity index is 81.0. The lowest BCUT2D eigenvalue weighted by Crippen LogP contribution is -1.83. The van der Waals surface area contributed by atoms with Crippen LogP contribution in [0.1, 0.15) is 39.0 Å². The summed E-state index contributed by atoms with van der Waals surface area (Å²) in [5, 5.41) is 7.19. The van der Waals surface area contributed by atoms with E-state index in [1.54, 1.807) is 0 Å². The molecule has 9 heavy (non-hydrogen) atoms. The number of unbranched alkanes of at least 4 members (excludes halogenated alkanes) is 3. The van der Waals surface area contributed by atoms with Crippen LogP contribution >= 0.6 is 11.6 Å². The van der Waals surface area contributed by atoms with Gasteiger partial charge in [0, 0.05) is 0 Å². The molecule has 0 spiro atoms. The van der Waals surface area contributed by atoms with Crippen LogP contribution in [0.25, 0.3) is 0 Å². The minimum absolute atomic E-state index is 0.297. The van der Waals surface area contributed by atoms with Crippen molar-refractivity contribution in [3.8, 4) is 0 Å². The molecule has 0 radical (unpaired) electrons. The molecule has 0 heterocycles. The zero-order valence-electron chi connectivity index (χ0n) is 5.91. The highest BCUT2D eigenvalue weighted by Gasteiger charge is 1.90. The molecule has 0 aliphatic carbocycles. The second-order valence-electron chi connectivity index (χ2n) is 2.22. The van der Waals surface area contributed by atoms with Crippen LogP contribution in [0.5, 0.6) is 0 Å². The van der Waals surface area contributed by atoms with Gasteiger partial charge in [0.05, 0.1) is 5.17 Å². The standard InChI is InChI=1S/C7H14ClN/c1-2-3-4-5-6-7(8)9/h9H,2-6H2,1H3. The Kier molecular flexibility index (Phi) is 6.06. The summed E-state index contributed by atoms with van der Waals surface area (Å²) in [5.74, 6) is 0. The van der Waals surface area contributed by atoms with Gasteiger partial charge in [-0.15, -0.1) is 0 Å². The summed E-state index contributed by atoms with van der Waals surface area (Å²) >= 11 is 5.34. The van der Waals surface area contributed by atoms with Crippen molar-refractivity contribution in [2.24, 2.45) is 0 Å². The Morgan fingerprint density at radius 1 is 1.33 bits per heavy atom. The van der Waals surface area contributed by atoms with Gasteiger partial charge in [0.2, 0.25) is 0 Å². The summed E-state index contributed by atoms with van der Waals surface area (Å²) in [6, 6.07) is 0. The molecule has 54 valence electrons. The first kappa shape index (κ1) is 8.96. The highest BCUT2D eigenvalue weighted by molar-refractivity contribution is 6.64. The number of nitrogens with one attached hydrogen (secondary N) is 1. The molecule has 0 saturated heterocycles. The molecule has 0 fully saturated rings. The Morgan fingerprint density at radius 3 is 2.44 bits per heavy atom. The number of rotatable bonds is 5.